The first-order valence-corrected chi connectivity index (χ1v) is 19.5. The Kier molecular flexibility index (Phi) is 13.6. The number of nitrogens with zero attached hydrogens (tertiary/aromatic N) is 10. The number of methoxy groups -OCH3 is 2. The largest absolute Gasteiger partial charge is 0.444 e. The minimum absolute atomic E-state index is 0.0316. The van der Waals surface area contributed by atoms with E-state index in [-0.39, 0.29) is 12.1 Å². The van der Waals surface area contributed by atoms with E-state index in [1.807, 2.05) is 40.2 Å². The van der Waals surface area contributed by atoms with Crippen molar-refractivity contribution in [2.45, 2.75) is 103 Å². The number of nitrogens with one attached hydrogen (secondary N) is 2. The van der Waals surface area contributed by atoms with Crippen LogP contribution in [0.15, 0.2) is 49.7 Å². The number of aromatic nitrogens is 9. The van der Waals surface area contributed by atoms with E-state index >= 15 is 0 Å². The Morgan fingerprint density at radius 3 is 1.95 bits per heavy atom. The van der Waals surface area contributed by atoms with Gasteiger partial charge in [0.1, 0.15) is 41.8 Å². The van der Waals surface area contributed by atoms with Crippen LogP contribution in [0.3, 0.4) is 0 Å². The minimum Gasteiger partial charge on any atom is -0.444 e. The van der Waals surface area contributed by atoms with Crippen LogP contribution in [-0.4, -0.2) is 89.8 Å². The minimum atomic E-state index is -0.652. The van der Waals surface area contributed by atoms with Gasteiger partial charge in [-0.05, 0) is 64.4 Å². The third-order valence-corrected chi connectivity index (χ3v) is 10.7. The van der Waals surface area contributed by atoms with Crippen LogP contribution in [0.25, 0.3) is 43.2 Å². The Balaban J connectivity index is 0.000000206. The molecule has 2 aliphatic carbocycles. The van der Waals surface area contributed by atoms with Crippen molar-refractivity contribution >= 4 is 22.9 Å². The highest BCUT2D eigenvalue weighted by molar-refractivity contribution is 5.90. The van der Waals surface area contributed by atoms with Crippen molar-refractivity contribution in [2.24, 2.45) is 11.8 Å². The van der Waals surface area contributed by atoms with E-state index in [2.05, 4.69) is 50.1 Å². The number of aromatic amines is 1. The number of hydrogen-bond acceptors (Lipinski definition) is 10. The van der Waals surface area contributed by atoms with Crippen LogP contribution < -0.4 is 5.32 Å². The summed E-state index contributed by atoms with van der Waals surface area (Å²) in [6.45, 7) is 20.9. The first-order chi connectivity index (χ1) is 27.6. The summed E-state index contributed by atoms with van der Waals surface area (Å²) in [5, 5.41) is 12.9. The molecule has 16 heteroatoms. The molecule has 7 rings (SSSR count). The van der Waals surface area contributed by atoms with Crippen molar-refractivity contribution in [3.8, 4) is 22.5 Å². The van der Waals surface area contributed by atoms with E-state index in [1.54, 1.807) is 47.5 Å². The number of hydrogen-bond donors (Lipinski definition) is 2. The van der Waals surface area contributed by atoms with Crippen LogP contribution >= 0.6 is 0 Å². The maximum atomic E-state index is 12.5. The average Bonchev–Trinajstić information content (AvgIpc) is 4.04. The second kappa shape index (κ2) is 19.0. The van der Waals surface area contributed by atoms with Crippen molar-refractivity contribution in [3.63, 3.8) is 0 Å². The molecule has 2 saturated carbocycles. The van der Waals surface area contributed by atoms with E-state index < -0.39 is 18.0 Å². The summed E-state index contributed by atoms with van der Waals surface area (Å²) in [5.74, 6) is 1.33. The monoisotopic (exact) mass is 776 g/mol. The molecule has 0 radical (unpaired) electrons. The van der Waals surface area contributed by atoms with Crippen molar-refractivity contribution in [1.29, 1.82) is 0 Å². The second-order valence-corrected chi connectivity index (χ2v) is 15.6. The first-order valence-electron chi connectivity index (χ1n) is 19.5. The Morgan fingerprint density at radius 2 is 1.40 bits per heavy atom. The SMILES string of the molecule is [C-]#[N+]C[C@H](C1CCCC1)n1cc(-c2ncnc(NC(=O)OC(C)(C)C)c2CC(OC)OC)cn1.[C-]#[N+]C[C@H](C1CCCC1)n1cc(-c2ncnc3[nH]ccc23)cn1. The van der Waals surface area contributed by atoms with Crippen LogP contribution in [0.5, 0.6) is 0 Å². The smallest absolute Gasteiger partial charge is 0.413 e. The zero-order valence-electron chi connectivity index (χ0n) is 33.4. The number of H-pyrrole nitrogens is 1. The molecule has 0 aliphatic heterocycles. The molecule has 0 bridgehead atoms. The fourth-order valence-corrected chi connectivity index (χ4v) is 7.95. The molecule has 2 fully saturated rings. The summed E-state index contributed by atoms with van der Waals surface area (Å²) < 4.78 is 20.1. The van der Waals surface area contributed by atoms with Crippen molar-refractivity contribution in [3.05, 3.63) is 78.1 Å². The van der Waals surface area contributed by atoms with Gasteiger partial charge in [0, 0.05) is 61.3 Å². The summed E-state index contributed by atoms with van der Waals surface area (Å²) in [6, 6.07) is 2.19. The molecule has 5 heterocycles. The lowest BCUT2D eigenvalue weighted by atomic mass is 9.98. The Hall–Kier alpha value is -5.71. The van der Waals surface area contributed by atoms with Gasteiger partial charge in [-0.1, -0.05) is 25.7 Å². The molecule has 2 N–H and O–H groups in total. The van der Waals surface area contributed by atoms with Gasteiger partial charge in [0.05, 0.1) is 23.8 Å². The summed E-state index contributed by atoms with van der Waals surface area (Å²) in [5.41, 5.74) is 4.06. The lowest BCUT2D eigenvalue weighted by Gasteiger charge is -2.21. The maximum absolute atomic E-state index is 12.5. The zero-order chi connectivity index (χ0) is 40.4. The predicted molar refractivity (Wildman–Crippen MR) is 215 cm³/mol. The van der Waals surface area contributed by atoms with Crippen LogP contribution in [0, 0.1) is 25.0 Å². The highest BCUT2D eigenvalue weighted by Crippen LogP contribution is 2.37. The molecule has 57 heavy (non-hydrogen) atoms. The van der Waals surface area contributed by atoms with E-state index in [0.29, 0.717) is 48.4 Å². The quantitative estimate of drug-likeness (QED) is 0.0884. The normalized spacial score (nSPS) is 15.9. The molecule has 5 aromatic rings. The van der Waals surface area contributed by atoms with Gasteiger partial charge in [-0.3, -0.25) is 14.7 Å². The van der Waals surface area contributed by atoms with Gasteiger partial charge >= 0.3 is 6.09 Å². The number of carbonyl (C=O) groups is 1. The van der Waals surface area contributed by atoms with Gasteiger partial charge in [-0.25, -0.2) is 37.9 Å². The van der Waals surface area contributed by atoms with Gasteiger partial charge in [0.15, 0.2) is 6.29 Å². The number of anilines is 1. The molecule has 0 aromatic carbocycles. The lowest BCUT2D eigenvalue weighted by molar-refractivity contribution is -0.100. The van der Waals surface area contributed by atoms with Gasteiger partial charge in [-0.2, -0.15) is 10.2 Å². The maximum Gasteiger partial charge on any atom is 0.413 e. The van der Waals surface area contributed by atoms with Gasteiger partial charge in [0.25, 0.3) is 0 Å². The average molecular weight is 777 g/mol. The molecular formula is C41H52N12O4. The number of rotatable bonds is 13. The van der Waals surface area contributed by atoms with E-state index in [0.717, 1.165) is 40.7 Å². The van der Waals surface area contributed by atoms with Gasteiger partial charge in [-0.15, -0.1) is 0 Å². The van der Waals surface area contributed by atoms with Crippen LogP contribution in [-0.2, 0) is 20.6 Å². The number of amides is 1. The summed E-state index contributed by atoms with van der Waals surface area (Å²) in [4.78, 5) is 40.3. The standard InChI is InChI=1S/C24H34N6O4.C17H18N6/c1-24(2,3)34-23(31)29-22-18(11-20(32-5)33-6)21(26-15-27-22)17-12-28-30(14-17)19(13-25-4)16-9-7-8-10-16;1-18-9-15(12-4-2-3-5-12)23-10-13(8-22-23)16-14-6-7-19-17(14)21-11-20-16/h12,14-16,19-20H,7-11,13H2,1-3,5-6H3,(H,26,27,29,31);6-8,10-12,15H,2-5,9H2,(H,19,20,21)/t19-;15-/m11/s1. The Morgan fingerprint density at radius 1 is 0.860 bits per heavy atom. The Labute approximate surface area is 333 Å². The molecule has 5 aromatic heterocycles. The van der Waals surface area contributed by atoms with E-state index in [1.165, 1.54) is 44.9 Å². The van der Waals surface area contributed by atoms with E-state index in [9.17, 15) is 4.79 Å². The fourth-order valence-electron chi connectivity index (χ4n) is 7.95. The van der Waals surface area contributed by atoms with E-state index in [4.69, 9.17) is 27.4 Å². The third-order valence-electron chi connectivity index (χ3n) is 10.7. The van der Waals surface area contributed by atoms with Gasteiger partial charge < -0.3 is 28.9 Å². The molecule has 1 amide bonds. The molecule has 300 valence electrons. The lowest BCUT2D eigenvalue weighted by Crippen LogP contribution is -2.28. The van der Waals surface area contributed by atoms with Gasteiger partial charge in [0.2, 0.25) is 13.1 Å². The number of carbonyl (C=O) groups excluding carboxylic acids is 1. The number of fused-ring (bicyclic) bond motifs is 1. The molecule has 0 saturated heterocycles. The molecule has 2 aliphatic rings. The predicted octanol–water partition coefficient (Wildman–Crippen LogP) is 7.97. The molecule has 16 nitrogen and oxygen atoms in total. The third kappa shape index (κ3) is 10.2. The number of ether oxygens (including phenoxy) is 3. The molecule has 2 atom stereocenters. The summed E-state index contributed by atoms with van der Waals surface area (Å²) >= 11 is 0. The van der Waals surface area contributed by atoms with Crippen LogP contribution in [0.2, 0.25) is 0 Å². The molecule has 0 unspecified atom stereocenters. The first kappa shape index (κ1) is 40.9. The highest BCUT2D eigenvalue weighted by atomic mass is 16.7. The van der Waals surface area contributed by atoms with Crippen molar-refractivity contribution < 1.29 is 19.0 Å². The van der Waals surface area contributed by atoms with Crippen molar-refractivity contribution in [2.75, 3.05) is 32.6 Å². The second-order valence-electron chi connectivity index (χ2n) is 15.6. The van der Waals surface area contributed by atoms with Crippen molar-refractivity contribution in [1.82, 2.24) is 44.5 Å². The summed E-state index contributed by atoms with van der Waals surface area (Å²) in [7, 11) is 3.10. The summed E-state index contributed by atoms with van der Waals surface area (Å²) in [6.07, 6.45) is 21.0. The highest BCUT2D eigenvalue weighted by Gasteiger charge is 2.31. The topological polar surface area (TPSA) is 168 Å². The molecular weight excluding hydrogens is 725 g/mol. The molecule has 0 spiro atoms. The fraction of sp³-hybridized carbons (Fsp3) is 0.537. The van der Waals surface area contributed by atoms with Crippen LogP contribution in [0.4, 0.5) is 10.6 Å². The zero-order valence-corrected chi connectivity index (χ0v) is 33.4. The van der Waals surface area contributed by atoms with Crippen LogP contribution in [0.1, 0.15) is 89.8 Å². The Bertz CT molecular complexity index is 2160.